The molecule has 18 heavy (non-hydrogen) atoms. The highest BCUT2D eigenvalue weighted by Crippen LogP contribution is 2.27. The van der Waals surface area contributed by atoms with Gasteiger partial charge in [0.1, 0.15) is 5.75 Å². The van der Waals surface area contributed by atoms with Crippen molar-refractivity contribution in [1.29, 1.82) is 0 Å². The van der Waals surface area contributed by atoms with Crippen molar-refractivity contribution in [3.63, 3.8) is 0 Å². The van der Waals surface area contributed by atoms with E-state index in [9.17, 15) is 0 Å². The van der Waals surface area contributed by atoms with Crippen LogP contribution in [-0.4, -0.2) is 19.7 Å². The maximum atomic E-state index is 5.76. The van der Waals surface area contributed by atoms with Crippen LogP contribution in [0.25, 0.3) is 0 Å². The third kappa shape index (κ3) is 4.00. The van der Waals surface area contributed by atoms with E-state index in [1.807, 2.05) is 6.92 Å². The molecule has 0 radical (unpaired) electrons. The van der Waals surface area contributed by atoms with Crippen LogP contribution in [0.1, 0.15) is 30.0 Å². The summed E-state index contributed by atoms with van der Waals surface area (Å²) >= 11 is 0. The van der Waals surface area contributed by atoms with E-state index in [-0.39, 0.29) is 0 Å². The van der Waals surface area contributed by atoms with E-state index >= 15 is 0 Å². The minimum atomic E-state index is 0.403. The summed E-state index contributed by atoms with van der Waals surface area (Å²) in [5, 5.41) is 0. The first-order valence-corrected chi connectivity index (χ1v) is 6.75. The molecule has 4 N–H and O–H groups in total. The van der Waals surface area contributed by atoms with Gasteiger partial charge in [-0.25, -0.2) is 0 Å². The molecule has 3 heteroatoms. The molecule has 1 aromatic carbocycles. The maximum absolute atomic E-state index is 5.76. The largest absolute Gasteiger partial charge is 0.493 e. The van der Waals surface area contributed by atoms with Crippen LogP contribution in [0.4, 0.5) is 0 Å². The number of ether oxygens (including phenoxy) is 1. The van der Waals surface area contributed by atoms with Gasteiger partial charge in [-0.1, -0.05) is 17.7 Å². The van der Waals surface area contributed by atoms with Gasteiger partial charge in [0.15, 0.2) is 0 Å². The van der Waals surface area contributed by atoms with Crippen LogP contribution in [0, 0.1) is 19.8 Å². The lowest BCUT2D eigenvalue weighted by Crippen LogP contribution is -2.23. The molecule has 0 atom stereocenters. The van der Waals surface area contributed by atoms with Gasteiger partial charge in [0, 0.05) is 0 Å². The minimum absolute atomic E-state index is 0.403. The lowest BCUT2D eigenvalue weighted by molar-refractivity contribution is 0.332. The van der Waals surface area contributed by atoms with E-state index in [4.69, 9.17) is 16.2 Å². The maximum Gasteiger partial charge on any atom is 0.125 e. The van der Waals surface area contributed by atoms with E-state index in [2.05, 4.69) is 26.0 Å². The predicted molar refractivity (Wildman–Crippen MR) is 77.0 cm³/mol. The zero-order valence-corrected chi connectivity index (χ0v) is 11.8. The summed E-state index contributed by atoms with van der Waals surface area (Å²) in [6, 6.07) is 4.37. The van der Waals surface area contributed by atoms with Gasteiger partial charge in [0.2, 0.25) is 0 Å². The lowest BCUT2D eigenvalue weighted by Gasteiger charge is -2.17. The first kappa shape index (κ1) is 15.0. The minimum Gasteiger partial charge on any atom is -0.493 e. The lowest BCUT2D eigenvalue weighted by atomic mass is 9.96. The summed E-state index contributed by atoms with van der Waals surface area (Å²) in [4.78, 5) is 0. The van der Waals surface area contributed by atoms with Crippen molar-refractivity contribution in [3.8, 4) is 5.75 Å². The highest BCUT2D eigenvalue weighted by molar-refractivity contribution is 5.44. The van der Waals surface area contributed by atoms with Gasteiger partial charge in [0.05, 0.1) is 6.61 Å². The highest BCUT2D eigenvalue weighted by atomic mass is 16.5. The second-order valence-electron chi connectivity index (χ2n) is 4.88. The Morgan fingerprint density at radius 2 is 1.83 bits per heavy atom. The normalized spacial score (nSPS) is 11.0. The number of hydrogen-bond donors (Lipinski definition) is 2. The van der Waals surface area contributed by atoms with Crippen LogP contribution in [-0.2, 0) is 6.42 Å². The summed E-state index contributed by atoms with van der Waals surface area (Å²) in [7, 11) is 0. The zero-order chi connectivity index (χ0) is 13.5. The van der Waals surface area contributed by atoms with E-state index in [1.54, 1.807) is 0 Å². The fourth-order valence-electron chi connectivity index (χ4n) is 2.27. The van der Waals surface area contributed by atoms with Crippen LogP contribution < -0.4 is 16.2 Å². The summed E-state index contributed by atoms with van der Waals surface area (Å²) in [5.74, 6) is 1.44. The fourth-order valence-corrected chi connectivity index (χ4v) is 2.27. The smallest absolute Gasteiger partial charge is 0.125 e. The molecule has 0 fully saturated rings. The van der Waals surface area contributed by atoms with Crippen LogP contribution in [0.3, 0.4) is 0 Å². The molecule has 0 spiro atoms. The molecule has 0 amide bonds. The van der Waals surface area contributed by atoms with Crippen LogP contribution in [0.5, 0.6) is 5.75 Å². The number of aryl methyl sites for hydroxylation is 3. The van der Waals surface area contributed by atoms with Crippen molar-refractivity contribution >= 4 is 0 Å². The van der Waals surface area contributed by atoms with Gasteiger partial charge in [-0.05, 0) is 63.7 Å². The monoisotopic (exact) mass is 250 g/mol. The Morgan fingerprint density at radius 3 is 2.39 bits per heavy atom. The zero-order valence-electron chi connectivity index (χ0n) is 11.8. The summed E-state index contributed by atoms with van der Waals surface area (Å²) in [6.07, 6.45) is 2.01. The fraction of sp³-hybridized carbons (Fsp3) is 0.600. The molecule has 0 saturated heterocycles. The average molecular weight is 250 g/mol. The van der Waals surface area contributed by atoms with E-state index in [0.717, 1.165) is 18.6 Å². The number of hydrogen-bond acceptors (Lipinski definition) is 3. The molecule has 0 unspecified atom stereocenters. The van der Waals surface area contributed by atoms with Crippen molar-refractivity contribution in [2.75, 3.05) is 19.7 Å². The Labute approximate surface area is 111 Å². The van der Waals surface area contributed by atoms with Gasteiger partial charge in [-0.3, -0.25) is 0 Å². The van der Waals surface area contributed by atoms with Crippen LogP contribution >= 0.6 is 0 Å². The third-order valence-electron chi connectivity index (χ3n) is 3.27. The molecular weight excluding hydrogens is 224 g/mol. The molecule has 1 aromatic rings. The third-order valence-corrected chi connectivity index (χ3v) is 3.27. The molecule has 0 heterocycles. The quantitative estimate of drug-likeness (QED) is 0.779. The Balaban J connectivity index is 2.85. The Morgan fingerprint density at radius 1 is 1.17 bits per heavy atom. The summed E-state index contributed by atoms with van der Waals surface area (Å²) in [6.45, 7) is 8.26. The molecule has 0 aliphatic rings. The van der Waals surface area contributed by atoms with E-state index < -0.39 is 0 Å². The van der Waals surface area contributed by atoms with E-state index in [1.165, 1.54) is 16.7 Å². The number of benzene rings is 1. The Hall–Kier alpha value is -1.06. The molecule has 0 bridgehead atoms. The second kappa shape index (κ2) is 7.39. The van der Waals surface area contributed by atoms with Crippen molar-refractivity contribution in [2.45, 2.75) is 33.6 Å². The first-order valence-electron chi connectivity index (χ1n) is 6.75. The molecule has 0 aromatic heterocycles. The van der Waals surface area contributed by atoms with Gasteiger partial charge >= 0.3 is 0 Å². The van der Waals surface area contributed by atoms with E-state index in [0.29, 0.717) is 25.6 Å². The van der Waals surface area contributed by atoms with Gasteiger partial charge in [-0.2, -0.15) is 0 Å². The van der Waals surface area contributed by atoms with Crippen molar-refractivity contribution in [1.82, 2.24) is 0 Å². The Kier molecular flexibility index (Phi) is 6.16. The molecule has 0 aliphatic carbocycles. The molecule has 0 saturated carbocycles. The van der Waals surface area contributed by atoms with Crippen molar-refractivity contribution in [2.24, 2.45) is 17.4 Å². The Bertz CT molecular complexity index is 373. The summed E-state index contributed by atoms with van der Waals surface area (Å²) < 4.78 is 5.76. The number of nitrogens with two attached hydrogens (primary N) is 2. The SMILES string of the molecule is CCOc1c(C)cc(C)cc1CCC(CN)CN. The molecule has 0 aliphatic heterocycles. The summed E-state index contributed by atoms with van der Waals surface area (Å²) in [5.41, 5.74) is 15.2. The molecule has 102 valence electrons. The standard InChI is InChI=1S/C15H26N2O/c1-4-18-15-12(3)7-11(2)8-14(15)6-5-13(9-16)10-17/h7-8,13H,4-6,9-10,16-17H2,1-3H3. The van der Waals surface area contributed by atoms with Crippen molar-refractivity contribution < 1.29 is 4.74 Å². The molecule has 3 nitrogen and oxygen atoms in total. The highest BCUT2D eigenvalue weighted by Gasteiger charge is 2.11. The van der Waals surface area contributed by atoms with Crippen molar-refractivity contribution in [3.05, 3.63) is 28.8 Å². The van der Waals surface area contributed by atoms with Crippen LogP contribution in [0.2, 0.25) is 0 Å². The predicted octanol–water partition coefficient (Wildman–Crippen LogP) is 2.17. The van der Waals surface area contributed by atoms with Gasteiger partial charge in [0.25, 0.3) is 0 Å². The first-order chi connectivity index (χ1) is 8.62. The number of rotatable bonds is 7. The molecular formula is C15H26N2O. The van der Waals surface area contributed by atoms with Gasteiger partial charge < -0.3 is 16.2 Å². The average Bonchev–Trinajstić information content (AvgIpc) is 2.34. The second-order valence-corrected chi connectivity index (χ2v) is 4.88. The molecule has 1 rings (SSSR count). The van der Waals surface area contributed by atoms with Crippen LogP contribution in [0.15, 0.2) is 12.1 Å². The topological polar surface area (TPSA) is 61.3 Å². The van der Waals surface area contributed by atoms with Gasteiger partial charge in [-0.15, -0.1) is 0 Å².